The van der Waals surface area contributed by atoms with E-state index in [0.29, 0.717) is 16.7 Å². The van der Waals surface area contributed by atoms with Crippen molar-refractivity contribution < 1.29 is 14.6 Å². The van der Waals surface area contributed by atoms with Gasteiger partial charge in [-0.05, 0) is 42.5 Å². The van der Waals surface area contributed by atoms with E-state index in [4.69, 9.17) is 0 Å². The molecule has 114 valence electrons. The van der Waals surface area contributed by atoms with Crippen LogP contribution >= 0.6 is 0 Å². The highest BCUT2D eigenvalue weighted by atomic mass is 19.1. The van der Waals surface area contributed by atoms with Gasteiger partial charge in [0, 0.05) is 11.1 Å². The molecule has 1 aliphatic carbocycles. The van der Waals surface area contributed by atoms with Crippen LogP contribution in [0.5, 0.6) is 11.5 Å². The van der Waals surface area contributed by atoms with Crippen molar-refractivity contribution in [3.05, 3.63) is 58.9 Å². The summed E-state index contributed by atoms with van der Waals surface area (Å²) in [6.45, 7) is 0. The number of aromatic hydroxyl groups is 2. The highest BCUT2D eigenvalue weighted by Crippen LogP contribution is 2.43. The first-order chi connectivity index (χ1) is 10.6. The Balaban J connectivity index is 1.88. The molecule has 0 unspecified atom stereocenters. The third kappa shape index (κ3) is 2.98. The molecule has 0 saturated heterocycles. The molecule has 1 aliphatic rings. The predicted molar refractivity (Wildman–Crippen MR) is 86.3 cm³/mol. The van der Waals surface area contributed by atoms with Gasteiger partial charge in [-0.2, -0.15) is 0 Å². The molecule has 0 aliphatic heterocycles. The molecule has 3 rings (SSSR count). The fraction of sp³-hybridized carbons (Fsp3) is 0.263. The zero-order valence-electron chi connectivity index (χ0n) is 12.3. The molecular weight excluding hydrogens is 279 g/mol. The van der Waals surface area contributed by atoms with E-state index in [-0.39, 0.29) is 23.2 Å². The lowest BCUT2D eigenvalue weighted by Gasteiger charge is -2.14. The van der Waals surface area contributed by atoms with E-state index in [2.05, 4.69) is 0 Å². The van der Waals surface area contributed by atoms with Gasteiger partial charge in [-0.25, -0.2) is 4.39 Å². The molecule has 0 heterocycles. The summed E-state index contributed by atoms with van der Waals surface area (Å²) in [6, 6.07) is 9.74. The van der Waals surface area contributed by atoms with Gasteiger partial charge in [0.05, 0.1) is 0 Å². The molecule has 1 saturated carbocycles. The van der Waals surface area contributed by atoms with Crippen LogP contribution in [0, 0.1) is 5.82 Å². The number of hydrogen-bond donors (Lipinski definition) is 2. The van der Waals surface area contributed by atoms with Crippen molar-refractivity contribution in [2.24, 2.45) is 0 Å². The fourth-order valence-electron chi connectivity index (χ4n) is 3.17. The molecule has 0 amide bonds. The number of halogens is 1. The summed E-state index contributed by atoms with van der Waals surface area (Å²) in [5.41, 5.74) is 1.78. The summed E-state index contributed by atoms with van der Waals surface area (Å²) >= 11 is 0. The first kappa shape index (κ1) is 14.6. The van der Waals surface area contributed by atoms with Gasteiger partial charge in [0.2, 0.25) is 0 Å². The number of rotatable bonds is 3. The van der Waals surface area contributed by atoms with Gasteiger partial charge in [-0.3, -0.25) is 0 Å². The average molecular weight is 298 g/mol. The molecule has 0 spiro atoms. The van der Waals surface area contributed by atoms with E-state index in [1.165, 1.54) is 6.07 Å². The van der Waals surface area contributed by atoms with E-state index in [1.807, 2.05) is 0 Å². The molecule has 2 N–H and O–H groups in total. The topological polar surface area (TPSA) is 40.5 Å². The lowest BCUT2D eigenvalue weighted by atomic mass is 9.94. The normalized spacial score (nSPS) is 15.7. The van der Waals surface area contributed by atoms with Gasteiger partial charge < -0.3 is 10.2 Å². The van der Waals surface area contributed by atoms with Crippen LogP contribution in [-0.2, 0) is 0 Å². The monoisotopic (exact) mass is 298 g/mol. The Bertz CT molecular complexity index is 677. The van der Waals surface area contributed by atoms with Crippen LogP contribution in [-0.4, -0.2) is 10.2 Å². The molecule has 2 aromatic carbocycles. The van der Waals surface area contributed by atoms with Crippen molar-refractivity contribution in [2.75, 3.05) is 0 Å². The Kier molecular flexibility index (Phi) is 4.14. The Hall–Kier alpha value is -2.29. The minimum Gasteiger partial charge on any atom is -0.507 e. The third-order valence-corrected chi connectivity index (χ3v) is 4.28. The Labute approximate surface area is 129 Å². The zero-order valence-corrected chi connectivity index (χ0v) is 12.3. The highest BCUT2D eigenvalue weighted by molar-refractivity contribution is 5.72. The van der Waals surface area contributed by atoms with E-state index in [0.717, 1.165) is 25.7 Å². The third-order valence-electron chi connectivity index (χ3n) is 4.28. The highest BCUT2D eigenvalue weighted by Gasteiger charge is 2.23. The predicted octanol–water partition coefficient (Wildman–Crippen LogP) is 5.06. The molecule has 0 radical (unpaired) electrons. The maximum absolute atomic E-state index is 13.6. The standard InChI is InChI=1S/C19H19FO2/c20-16-8-4-3-5-14(16)10-9-13-11-17(21)19(18(22)12-13)15-6-1-2-7-15/h3-5,8-12,15,21-22H,1-2,6-7H2/b10-9+. The summed E-state index contributed by atoms with van der Waals surface area (Å²) in [5.74, 6) is 0.194. The Morgan fingerprint density at radius 3 is 2.23 bits per heavy atom. The maximum atomic E-state index is 13.6. The second-order valence-corrected chi connectivity index (χ2v) is 5.81. The maximum Gasteiger partial charge on any atom is 0.130 e. The van der Waals surface area contributed by atoms with Crippen molar-refractivity contribution in [3.63, 3.8) is 0 Å². The summed E-state index contributed by atoms with van der Waals surface area (Å²) in [7, 11) is 0. The summed E-state index contributed by atoms with van der Waals surface area (Å²) in [5, 5.41) is 20.4. The smallest absolute Gasteiger partial charge is 0.130 e. The van der Waals surface area contributed by atoms with E-state index < -0.39 is 0 Å². The van der Waals surface area contributed by atoms with Crippen LogP contribution in [0.3, 0.4) is 0 Å². The van der Waals surface area contributed by atoms with Gasteiger partial charge >= 0.3 is 0 Å². The molecule has 22 heavy (non-hydrogen) atoms. The van der Waals surface area contributed by atoms with Crippen LogP contribution in [0.25, 0.3) is 12.2 Å². The average Bonchev–Trinajstić information content (AvgIpc) is 3.00. The van der Waals surface area contributed by atoms with E-state index >= 15 is 0 Å². The lowest BCUT2D eigenvalue weighted by Crippen LogP contribution is -1.94. The summed E-state index contributed by atoms with van der Waals surface area (Å²) < 4.78 is 13.6. The van der Waals surface area contributed by atoms with Gasteiger partial charge in [0.1, 0.15) is 17.3 Å². The summed E-state index contributed by atoms with van der Waals surface area (Å²) in [6.07, 6.45) is 7.61. The molecule has 2 nitrogen and oxygen atoms in total. The van der Waals surface area contributed by atoms with Crippen LogP contribution in [0.15, 0.2) is 36.4 Å². The number of phenolic OH excluding ortho intramolecular Hbond substituents is 2. The quantitative estimate of drug-likeness (QED) is 0.777. The number of benzene rings is 2. The SMILES string of the molecule is Oc1cc(/C=C/c2ccccc2F)cc(O)c1C1CCCC1. The van der Waals surface area contributed by atoms with E-state index in [9.17, 15) is 14.6 Å². The minimum atomic E-state index is -0.297. The largest absolute Gasteiger partial charge is 0.507 e. The lowest BCUT2D eigenvalue weighted by molar-refractivity contribution is 0.428. The van der Waals surface area contributed by atoms with Crippen molar-refractivity contribution in [1.29, 1.82) is 0 Å². The molecular formula is C19H19FO2. The molecule has 2 aromatic rings. The van der Waals surface area contributed by atoms with E-state index in [1.54, 1.807) is 42.5 Å². The fourth-order valence-corrected chi connectivity index (χ4v) is 3.17. The van der Waals surface area contributed by atoms with Crippen LogP contribution in [0.4, 0.5) is 4.39 Å². The number of hydrogen-bond acceptors (Lipinski definition) is 2. The van der Waals surface area contributed by atoms with Gasteiger partial charge in [-0.15, -0.1) is 0 Å². The van der Waals surface area contributed by atoms with Crippen molar-refractivity contribution >= 4 is 12.2 Å². The van der Waals surface area contributed by atoms with Crippen molar-refractivity contribution in [2.45, 2.75) is 31.6 Å². The van der Waals surface area contributed by atoms with Gasteiger partial charge in [-0.1, -0.05) is 43.2 Å². The number of phenols is 2. The van der Waals surface area contributed by atoms with Crippen LogP contribution in [0.2, 0.25) is 0 Å². The summed E-state index contributed by atoms with van der Waals surface area (Å²) in [4.78, 5) is 0. The van der Waals surface area contributed by atoms with Crippen LogP contribution < -0.4 is 0 Å². The first-order valence-electron chi connectivity index (χ1n) is 7.63. The molecule has 3 heteroatoms. The molecule has 0 atom stereocenters. The van der Waals surface area contributed by atoms with Crippen molar-refractivity contribution in [3.8, 4) is 11.5 Å². The van der Waals surface area contributed by atoms with Gasteiger partial charge in [0.25, 0.3) is 0 Å². The minimum absolute atomic E-state index is 0.125. The molecule has 0 aromatic heterocycles. The van der Waals surface area contributed by atoms with Gasteiger partial charge in [0.15, 0.2) is 0 Å². The van der Waals surface area contributed by atoms with Crippen LogP contribution in [0.1, 0.15) is 48.3 Å². The Morgan fingerprint density at radius 1 is 0.955 bits per heavy atom. The zero-order chi connectivity index (χ0) is 15.5. The Morgan fingerprint density at radius 2 is 1.59 bits per heavy atom. The molecule has 1 fully saturated rings. The second-order valence-electron chi connectivity index (χ2n) is 5.81. The first-order valence-corrected chi connectivity index (χ1v) is 7.63. The van der Waals surface area contributed by atoms with Crippen molar-refractivity contribution in [1.82, 2.24) is 0 Å². The second kappa shape index (κ2) is 6.22. The molecule has 0 bridgehead atoms.